The highest BCUT2D eigenvalue weighted by Crippen LogP contribution is 2.07. The number of carbonyl (C=O) groups excluding carboxylic acids is 2. The van der Waals surface area contributed by atoms with Crippen LogP contribution in [0.4, 0.5) is 0 Å². The van der Waals surface area contributed by atoms with Gasteiger partial charge < -0.3 is 15.4 Å². The minimum Gasteiger partial charge on any atom is -0.460 e. The van der Waals surface area contributed by atoms with Gasteiger partial charge in [-0.1, -0.05) is 30.3 Å². The fourth-order valence-corrected chi connectivity index (χ4v) is 1.64. The fourth-order valence-electron chi connectivity index (χ4n) is 1.64. The Morgan fingerprint density at radius 3 is 2.43 bits per heavy atom. The van der Waals surface area contributed by atoms with Crippen molar-refractivity contribution in [1.29, 1.82) is 0 Å². The number of hydrogen-bond acceptors (Lipinski definition) is 4. The van der Waals surface area contributed by atoms with Crippen LogP contribution in [0, 0.1) is 0 Å². The lowest BCUT2D eigenvalue weighted by molar-refractivity contribution is -0.154. The summed E-state index contributed by atoms with van der Waals surface area (Å²) in [5.41, 5.74) is 0.587. The van der Waals surface area contributed by atoms with E-state index < -0.39 is 5.60 Å². The smallest absolute Gasteiger partial charge is 0.307 e. The molecular formula is C16H24N2O3. The van der Waals surface area contributed by atoms with Gasteiger partial charge in [-0.3, -0.25) is 9.59 Å². The van der Waals surface area contributed by atoms with Gasteiger partial charge in [0.15, 0.2) is 0 Å². The predicted octanol–water partition coefficient (Wildman–Crippen LogP) is 1.62. The Morgan fingerprint density at radius 2 is 1.81 bits per heavy atom. The number of rotatable bonds is 7. The lowest BCUT2D eigenvalue weighted by Crippen LogP contribution is -2.35. The van der Waals surface area contributed by atoms with Crippen molar-refractivity contribution in [3.63, 3.8) is 0 Å². The van der Waals surface area contributed by atoms with Crippen LogP contribution in [0.5, 0.6) is 0 Å². The summed E-state index contributed by atoms with van der Waals surface area (Å²) in [7, 11) is 0. The zero-order chi connectivity index (χ0) is 15.7. The first kappa shape index (κ1) is 17.2. The van der Waals surface area contributed by atoms with E-state index in [1.54, 1.807) is 0 Å². The molecule has 21 heavy (non-hydrogen) atoms. The summed E-state index contributed by atoms with van der Waals surface area (Å²) in [5, 5.41) is 5.73. The van der Waals surface area contributed by atoms with Crippen molar-refractivity contribution in [2.24, 2.45) is 0 Å². The van der Waals surface area contributed by atoms with Crippen molar-refractivity contribution < 1.29 is 14.3 Å². The molecule has 0 heterocycles. The molecule has 0 spiro atoms. The highest BCUT2D eigenvalue weighted by atomic mass is 16.6. The molecule has 1 rings (SSSR count). The van der Waals surface area contributed by atoms with Crippen LogP contribution in [0.1, 0.15) is 32.8 Å². The van der Waals surface area contributed by atoms with Crippen molar-refractivity contribution in [3.05, 3.63) is 35.9 Å². The molecule has 2 N–H and O–H groups in total. The number of nitrogens with one attached hydrogen (secondary N) is 2. The van der Waals surface area contributed by atoms with Gasteiger partial charge in [0.1, 0.15) is 5.60 Å². The quantitative estimate of drug-likeness (QED) is 0.592. The molecule has 1 aromatic carbocycles. The first-order chi connectivity index (χ1) is 9.87. The van der Waals surface area contributed by atoms with Crippen molar-refractivity contribution in [2.45, 2.75) is 39.3 Å². The largest absolute Gasteiger partial charge is 0.460 e. The second kappa shape index (κ2) is 8.42. The third kappa shape index (κ3) is 8.81. The Hall–Kier alpha value is -1.88. The average molecular weight is 292 g/mol. The van der Waals surface area contributed by atoms with Crippen molar-refractivity contribution in [1.82, 2.24) is 10.6 Å². The molecule has 5 heteroatoms. The Labute approximate surface area is 126 Å². The van der Waals surface area contributed by atoms with Gasteiger partial charge in [0, 0.05) is 13.1 Å². The SMILES string of the molecule is CC(C)(C)OC(=O)CCNCC(=O)NCc1ccccc1. The van der Waals surface area contributed by atoms with Gasteiger partial charge >= 0.3 is 5.97 Å². The van der Waals surface area contributed by atoms with Gasteiger partial charge in [0.2, 0.25) is 5.91 Å². The Bertz CT molecular complexity index is 452. The molecule has 0 atom stereocenters. The molecule has 0 saturated carbocycles. The predicted molar refractivity (Wildman–Crippen MR) is 81.6 cm³/mol. The van der Waals surface area contributed by atoms with Crippen LogP contribution < -0.4 is 10.6 Å². The Morgan fingerprint density at radius 1 is 1.14 bits per heavy atom. The first-order valence-electron chi connectivity index (χ1n) is 7.10. The zero-order valence-electron chi connectivity index (χ0n) is 12.9. The van der Waals surface area contributed by atoms with Gasteiger partial charge in [-0.05, 0) is 26.3 Å². The average Bonchev–Trinajstić information content (AvgIpc) is 2.40. The number of carbonyl (C=O) groups is 2. The minimum atomic E-state index is -0.468. The summed E-state index contributed by atoms with van der Waals surface area (Å²) < 4.78 is 5.17. The molecule has 0 saturated heterocycles. The molecule has 0 aliphatic heterocycles. The molecule has 0 aromatic heterocycles. The maximum Gasteiger partial charge on any atom is 0.307 e. The highest BCUT2D eigenvalue weighted by molar-refractivity contribution is 5.78. The maximum absolute atomic E-state index is 11.6. The molecule has 0 fully saturated rings. The molecule has 116 valence electrons. The third-order valence-electron chi connectivity index (χ3n) is 2.54. The van der Waals surface area contributed by atoms with Gasteiger partial charge in [0.05, 0.1) is 13.0 Å². The standard InChI is InChI=1S/C16H24N2O3/c1-16(2,3)21-15(20)9-10-17-12-14(19)18-11-13-7-5-4-6-8-13/h4-8,17H,9-12H2,1-3H3,(H,18,19). The summed E-state index contributed by atoms with van der Waals surface area (Å²) in [6.45, 7) is 6.61. The summed E-state index contributed by atoms with van der Waals surface area (Å²) in [4.78, 5) is 23.1. The van der Waals surface area contributed by atoms with Crippen molar-refractivity contribution in [2.75, 3.05) is 13.1 Å². The Balaban J connectivity index is 2.10. The van der Waals surface area contributed by atoms with Crippen molar-refractivity contribution >= 4 is 11.9 Å². The van der Waals surface area contributed by atoms with Crippen molar-refractivity contribution in [3.8, 4) is 0 Å². The molecular weight excluding hydrogens is 268 g/mol. The fraction of sp³-hybridized carbons (Fsp3) is 0.500. The first-order valence-corrected chi connectivity index (χ1v) is 7.10. The van der Waals surface area contributed by atoms with E-state index in [9.17, 15) is 9.59 Å². The van der Waals surface area contributed by atoms with E-state index in [1.165, 1.54) is 0 Å². The Kier molecular flexibility index (Phi) is 6.88. The second-order valence-corrected chi connectivity index (χ2v) is 5.78. The molecule has 5 nitrogen and oxygen atoms in total. The molecule has 0 aliphatic rings. The number of hydrogen-bond donors (Lipinski definition) is 2. The van der Waals surface area contributed by atoms with E-state index in [2.05, 4.69) is 10.6 Å². The van der Waals surface area contributed by atoms with E-state index >= 15 is 0 Å². The monoisotopic (exact) mass is 292 g/mol. The molecule has 1 amide bonds. The summed E-state index contributed by atoms with van der Waals surface area (Å²) >= 11 is 0. The lowest BCUT2D eigenvalue weighted by Gasteiger charge is -2.19. The minimum absolute atomic E-state index is 0.0944. The normalized spacial score (nSPS) is 11.0. The third-order valence-corrected chi connectivity index (χ3v) is 2.54. The van der Waals surface area contributed by atoms with Gasteiger partial charge in [-0.25, -0.2) is 0 Å². The van der Waals surface area contributed by atoms with Crippen LogP contribution >= 0.6 is 0 Å². The molecule has 0 bridgehead atoms. The van der Waals surface area contributed by atoms with E-state index in [0.29, 0.717) is 13.1 Å². The molecule has 1 aromatic rings. The maximum atomic E-state index is 11.6. The van der Waals surface area contributed by atoms with E-state index in [0.717, 1.165) is 5.56 Å². The number of amides is 1. The summed E-state index contributed by atoms with van der Waals surface area (Å²) in [6, 6.07) is 9.71. The van der Waals surface area contributed by atoms with Crippen LogP contribution in [0.2, 0.25) is 0 Å². The van der Waals surface area contributed by atoms with E-state index in [4.69, 9.17) is 4.74 Å². The summed E-state index contributed by atoms with van der Waals surface area (Å²) in [6.07, 6.45) is 0.253. The molecule has 0 unspecified atom stereocenters. The topological polar surface area (TPSA) is 67.4 Å². The van der Waals surface area contributed by atoms with E-state index in [1.807, 2.05) is 51.1 Å². The van der Waals surface area contributed by atoms with Gasteiger partial charge in [-0.2, -0.15) is 0 Å². The zero-order valence-corrected chi connectivity index (χ0v) is 12.9. The molecule has 0 radical (unpaired) electrons. The van der Waals surface area contributed by atoms with Gasteiger partial charge in [0.25, 0.3) is 0 Å². The van der Waals surface area contributed by atoms with Crippen LogP contribution in [-0.4, -0.2) is 30.6 Å². The van der Waals surface area contributed by atoms with Crippen LogP contribution in [-0.2, 0) is 20.9 Å². The van der Waals surface area contributed by atoms with Gasteiger partial charge in [-0.15, -0.1) is 0 Å². The summed E-state index contributed by atoms with van der Waals surface area (Å²) in [5.74, 6) is -0.359. The number of benzene rings is 1. The molecule has 0 aliphatic carbocycles. The number of esters is 1. The van der Waals surface area contributed by atoms with E-state index in [-0.39, 0.29) is 24.8 Å². The lowest BCUT2D eigenvalue weighted by atomic mass is 10.2. The highest BCUT2D eigenvalue weighted by Gasteiger charge is 2.15. The van der Waals surface area contributed by atoms with Crippen LogP contribution in [0.3, 0.4) is 0 Å². The second-order valence-electron chi connectivity index (χ2n) is 5.78. The van der Waals surface area contributed by atoms with Crippen LogP contribution in [0.25, 0.3) is 0 Å². The number of ether oxygens (including phenoxy) is 1. The van der Waals surface area contributed by atoms with Crippen LogP contribution in [0.15, 0.2) is 30.3 Å².